The van der Waals surface area contributed by atoms with Crippen molar-refractivity contribution in [1.29, 1.82) is 0 Å². The Balaban J connectivity index is 1.80. The second-order valence-electron chi connectivity index (χ2n) is 4.20. The molecule has 16 heavy (non-hydrogen) atoms. The lowest BCUT2D eigenvalue weighted by Crippen LogP contribution is -2.44. The topological polar surface area (TPSA) is 41.6 Å². The minimum Gasteiger partial charge on any atom is -0.448 e. The van der Waals surface area contributed by atoms with Crippen molar-refractivity contribution in [2.24, 2.45) is 0 Å². The molecule has 1 atom stereocenters. The van der Waals surface area contributed by atoms with Gasteiger partial charge in [-0.25, -0.2) is 4.79 Å². The molecule has 1 saturated heterocycles. The van der Waals surface area contributed by atoms with Crippen molar-refractivity contribution in [1.82, 2.24) is 4.90 Å². The first-order chi connectivity index (χ1) is 7.84. The van der Waals surface area contributed by atoms with Gasteiger partial charge >= 0.3 is 6.09 Å². The molecule has 84 valence electrons. The average Bonchev–Trinajstić information content (AvgIpc) is 2.75. The summed E-state index contributed by atoms with van der Waals surface area (Å²) in [6, 6.07) is 8.47. The van der Waals surface area contributed by atoms with Crippen LogP contribution < -0.4 is 5.32 Å². The minimum atomic E-state index is -0.175. The summed E-state index contributed by atoms with van der Waals surface area (Å²) in [6.07, 6.45) is 0.740. The summed E-state index contributed by atoms with van der Waals surface area (Å²) < 4.78 is 4.97. The molecule has 1 aromatic rings. The molecule has 1 fully saturated rings. The molecule has 2 aliphatic rings. The van der Waals surface area contributed by atoms with Crippen LogP contribution in [0.2, 0.25) is 0 Å². The molecule has 0 aromatic heterocycles. The van der Waals surface area contributed by atoms with Gasteiger partial charge in [0.15, 0.2) is 0 Å². The fourth-order valence-electron chi connectivity index (χ4n) is 2.38. The maximum Gasteiger partial charge on any atom is 0.410 e. The van der Waals surface area contributed by atoms with Crippen LogP contribution in [0.3, 0.4) is 0 Å². The smallest absolute Gasteiger partial charge is 0.410 e. The van der Waals surface area contributed by atoms with Gasteiger partial charge in [0.2, 0.25) is 0 Å². The molecule has 0 aliphatic carbocycles. The molecule has 1 N–H and O–H groups in total. The number of hydrogen-bond acceptors (Lipinski definition) is 3. The van der Waals surface area contributed by atoms with Crippen molar-refractivity contribution in [2.45, 2.75) is 12.5 Å². The van der Waals surface area contributed by atoms with Gasteiger partial charge in [0.05, 0.1) is 12.6 Å². The largest absolute Gasteiger partial charge is 0.448 e. The highest BCUT2D eigenvalue weighted by Gasteiger charge is 2.31. The first-order valence-corrected chi connectivity index (χ1v) is 5.60. The summed E-state index contributed by atoms with van der Waals surface area (Å²) in [7, 11) is 0. The maximum atomic E-state index is 11.5. The lowest BCUT2D eigenvalue weighted by atomic mass is 9.99. The molecule has 4 heteroatoms. The number of nitrogens with one attached hydrogen (secondary N) is 1. The second kappa shape index (κ2) is 3.70. The van der Waals surface area contributed by atoms with E-state index in [9.17, 15) is 4.79 Å². The Bertz CT molecular complexity index is 419. The quantitative estimate of drug-likeness (QED) is 0.776. The number of rotatable bonds is 1. The zero-order valence-electron chi connectivity index (χ0n) is 8.98. The molecule has 2 aliphatic heterocycles. The number of anilines is 1. The molecule has 3 rings (SSSR count). The summed E-state index contributed by atoms with van der Waals surface area (Å²) in [5.41, 5.74) is 2.46. The van der Waals surface area contributed by atoms with Gasteiger partial charge in [-0.15, -0.1) is 0 Å². The molecule has 0 spiro atoms. The molecule has 0 saturated carbocycles. The minimum absolute atomic E-state index is 0.175. The summed E-state index contributed by atoms with van der Waals surface area (Å²) in [4.78, 5) is 13.3. The number of benzene rings is 1. The van der Waals surface area contributed by atoms with Crippen molar-refractivity contribution >= 4 is 11.8 Å². The molecule has 2 heterocycles. The first-order valence-electron chi connectivity index (χ1n) is 5.60. The predicted octanol–water partition coefficient (Wildman–Crippen LogP) is 1.48. The Morgan fingerprint density at radius 1 is 1.38 bits per heavy atom. The molecule has 0 radical (unpaired) electrons. The van der Waals surface area contributed by atoms with Gasteiger partial charge in [0.1, 0.15) is 6.61 Å². The summed E-state index contributed by atoms with van der Waals surface area (Å²) in [5.74, 6) is 0. The highest BCUT2D eigenvalue weighted by Crippen LogP contribution is 2.24. The van der Waals surface area contributed by atoms with Gasteiger partial charge in [-0.3, -0.25) is 4.90 Å². The lowest BCUT2D eigenvalue weighted by molar-refractivity contribution is 0.148. The number of carbonyl (C=O) groups is 1. The van der Waals surface area contributed by atoms with Gasteiger partial charge in [0, 0.05) is 12.2 Å². The Kier molecular flexibility index (Phi) is 2.20. The molecule has 1 aromatic carbocycles. The van der Waals surface area contributed by atoms with Crippen LogP contribution >= 0.6 is 0 Å². The van der Waals surface area contributed by atoms with E-state index in [1.807, 2.05) is 17.0 Å². The van der Waals surface area contributed by atoms with E-state index in [4.69, 9.17) is 4.74 Å². The molecule has 4 nitrogen and oxygen atoms in total. The SMILES string of the molecule is O=C1OCCN1[C@H]1CNc2ccccc2C1. The van der Waals surface area contributed by atoms with E-state index in [-0.39, 0.29) is 12.1 Å². The van der Waals surface area contributed by atoms with E-state index >= 15 is 0 Å². The normalized spacial score (nSPS) is 23.6. The van der Waals surface area contributed by atoms with E-state index < -0.39 is 0 Å². The summed E-state index contributed by atoms with van der Waals surface area (Å²) in [5, 5.41) is 3.36. The summed E-state index contributed by atoms with van der Waals surface area (Å²) in [6.45, 7) is 2.05. The van der Waals surface area contributed by atoms with Crippen LogP contribution in [-0.4, -0.2) is 36.7 Å². The van der Waals surface area contributed by atoms with Crippen molar-refractivity contribution in [3.8, 4) is 0 Å². The number of fused-ring (bicyclic) bond motifs is 1. The van der Waals surface area contributed by atoms with Crippen molar-refractivity contribution in [2.75, 3.05) is 25.0 Å². The van der Waals surface area contributed by atoms with Crippen LogP contribution in [-0.2, 0) is 11.2 Å². The monoisotopic (exact) mass is 218 g/mol. The number of amides is 1. The maximum absolute atomic E-state index is 11.5. The number of carbonyl (C=O) groups excluding carboxylic acids is 1. The average molecular weight is 218 g/mol. The van der Waals surface area contributed by atoms with Crippen molar-refractivity contribution in [3.05, 3.63) is 29.8 Å². The number of hydrogen-bond donors (Lipinski definition) is 1. The van der Waals surface area contributed by atoms with Crippen molar-refractivity contribution in [3.63, 3.8) is 0 Å². The van der Waals surface area contributed by atoms with Gasteiger partial charge < -0.3 is 10.1 Å². The van der Waals surface area contributed by atoms with Crippen molar-refractivity contribution < 1.29 is 9.53 Å². The first kappa shape index (κ1) is 9.51. The molecule has 0 unspecified atom stereocenters. The van der Waals surface area contributed by atoms with Gasteiger partial charge in [-0.2, -0.15) is 0 Å². The van der Waals surface area contributed by atoms with Crippen LogP contribution in [0.1, 0.15) is 5.56 Å². The molecule has 1 amide bonds. The number of cyclic esters (lactones) is 1. The van der Waals surface area contributed by atoms with E-state index in [0.717, 1.165) is 13.0 Å². The zero-order valence-corrected chi connectivity index (χ0v) is 8.98. The summed E-state index contributed by atoms with van der Waals surface area (Å²) >= 11 is 0. The Hall–Kier alpha value is -1.71. The van der Waals surface area contributed by atoms with E-state index in [1.54, 1.807) is 0 Å². The van der Waals surface area contributed by atoms with Crippen LogP contribution in [0.5, 0.6) is 0 Å². The van der Waals surface area contributed by atoms with Gasteiger partial charge in [0.25, 0.3) is 0 Å². The van der Waals surface area contributed by atoms with E-state index in [1.165, 1.54) is 11.3 Å². The van der Waals surface area contributed by atoms with Gasteiger partial charge in [-0.05, 0) is 18.1 Å². The molecule has 0 bridgehead atoms. The third-order valence-electron chi connectivity index (χ3n) is 3.23. The zero-order chi connectivity index (χ0) is 11.0. The number of ether oxygens (including phenoxy) is 1. The van der Waals surface area contributed by atoms with Crippen LogP contribution in [0.15, 0.2) is 24.3 Å². The fraction of sp³-hybridized carbons (Fsp3) is 0.417. The molecular formula is C12H14N2O2. The Morgan fingerprint density at radius 2 is 2.25 bits per heavy atom. The third kappa shape index (κ3) is 1.50. The van der Waals surface area contributed by atoms with Crippen LogP contribution in [0, 0.1) is 0 Å². The Labute approximate surface area is 94.2 Å². The highest BCUT2D eigenvalue weighted by molar-refractivity contribution is 5.70. The molecular weight excluding hydrogens is 204 g/mol. The fourth-order valence-corrected chi connectivity index (χ4v) is 2.38. The second-order valence-corrected chi connectivity index (χ2v) is 4.20. The third-order valence-corrected chi connectivity index (χ3v) is 3.23. The Morgan fingerprint density at radius 3 is 3.06 bits per heavy atom. The van der Waals surface area contributed by atoms with Gasteiger partial charge in [-0.1, -0.05) is 18.2 Å². The highest BCUT2D eigenvalue weighted by atomic mass is 16.6. The van der Waals surface area contributed by atoms with E-state index in [2.05, 4.69) is 17.4 Å². The van der Waals surface area contributed by atoms with Crippen LogP contribution in [0.4, 0.5) is 10.5 Å². The van der Waals surface area contributed by atoms with E-state index in [0.29, 0.717) is 13.2 Å². The predicted molar refractivity (Wildman–Crippen MR) is 60.5 cm³/mol. The standard InChI is InChI=1S/C12H14N2O2/c15-12-14(5-6-16-12)10-7-9-3-1-2-4-11(9)13-8-10/h1-4,10,13H,5-8H2/t10-/m1/s1. The lowest BCUT2D eigenvalue weighted by Gasteiger charge is -2.31. The number of para-hydroxylation sites is 1. The number of nitrogens with zero attached hydrogens (tertiary/aromatic N) is 1. The van der Waals surface area contributed by atoms with Crippen LogP contribution in [0.25, 0.3) is 0 Å².